The molecule has 1 aliphatic heterocycles. The number of carbonyl (C=O) groups is 1. The van der Waals surface area contributed by atoms with E-state index in [0.717, 1.165) is 23.1 Å². The summed E-state index contributed by atoms with van der Waals surface area (Å²) in [5, 5.41) is 2.27. The molecule has 1 saturated heterocycles. The molecule has 0 spiro atoms. The van der Waals surface area contributed by atoms with Crippen molar-refractivity contribution < 1.29 is 13.2 Å². The van der Waals surface area contributed by atoms with Crippen molar-refractivity contribution in [3.05, 3.63) is 90.5 Å². The zero-order valence-corrected chi connectivity index (χ0v) is 19.5. The van der Waals surface area contributed by atoms with E-state index in [0.29, 0.717) is 12.3 Å². The Balaban J connectivity index is 1.52. The van der Waals surface area contributed by atoms with Crippen LogP contribution in [0.25, 0.3) is 11.1 Å². The smallest absolute Gasteiger partial charge is 0.249 e. The predicted octanol–water partition coefficient (Wildman–Crippen LogP) is 4.68. The molecule has 166 valence electrons. The number of carbonyl (C=O) groups excluding carboxylic acids is 1. The van der Waals surface area contributed by atoms with Crippen LogP contribution in [0.5, 0.6) is 0 Å². The molecule has 7 heteroatoms. The highest BCUT2D eigenvalue weighted by Crippen LogP contribution is 2.32. The SMILES string of the molecule is CCC(NC(=O)C1SCCN1S(=O)(=O)c1ccc(-c2ccccc2)cc1)c1ccccc1. The van der Waals surface area contributed by atoms with Crippen molar-refractivity contribution in [2.24, 2.45) is 0 Å². The van der Waals surface area contributed by atoms with E-state index < -0.39 is 15.4 Å². The molecule has 0 bridgehead atoms. The molecule has 0 aromatic heterocycles. The minimum absolute atomic E-state index is 0.153. The molecule has 1 fully saturated rings. The van der Waals surface area contributed by atoms with Crippen molar-refractivity contribution in [3.63, 3.8) is 0 Å². The Morgan fingerprint density at radius 2 is 1.56 bits per heavy atom. The Labute approximate surface area is 193 Å². The molecule has 2 unspecified atom stereocenters. The Kier molecular flexibility index (Phi) is 6.98. The average molecular weight is 467 g/mol. The normalized spacial score (nSPS) is 17.7. The van der Waals surface area contributed by atoms with Crippen molar-refractivity contribution in [1.29, 1.82) is 0 Å². The fourth-order valence-electron chi connectivity index (χ4n) is 3.84. The van der Waals surface area contributed by atoms with E-state index in [1.165, 1.54) is 16.1 Å². The molecule has 3 aromatic carbocycles. The van der Waals surface area contributed by atoms with E-state index >= 15 is 0 Å². The van der Waals surface area contributed by atoms with Gasteiger partial charge in [0, 0.05) is 12.3 Å². The number of nitrogens with one attached hydrogen (secondary N) is 1. The number of thioether (sulfide) groups is 1. The molecule has 0 saturated carbocycles. The van der Waals surface area contributed by atoms with Gasteiger partial charge in [0.05, 0.1) is 10.9 Å². The summed E-state index contributed by atoms with van der Waals surface area (Å²) in [6.45, 7) is 2.32. The minimum Gasteiger partial charge on any atom is -0.347 e. The van der Waals surface area contributed by atoms with Gasteiger partial charge in [-0.15, -0.1) is 11.8 Å². The van der Waals surface area contributed by atoms with E-state index in [4.69, 9.17) is 0 Å². The number of amides is 1. The highest BCUT2D eigenvalue weighted by molar-refractivity contribution is 8.02. The van der Waals surface area contributed by atoms with Gasteiger partial charge in [-0.3, -0.25) is 4.79 Å². The van der Waals surface area contributed by atoms with Gasteiger partial charge < -0.3 is 5.32 Å². The van der Waals surface area contributed by atoms with Crippen LogP contribution in [-0.2, 0) is 14.8 Å². The molecular formula is C25H26N2O3S2. The molecule has 2 atom stereocenters. The minimum atomic E-state index is -3.79. The zero-order chi connectivity index (χ0) is 22.6. The first-order valence-corrected chi connectivity index (χ1v) is 13.1. The first kappa shape index (κ1) is 22.6. The molecule has 0 aliphatic carbocycles. The molecule has 5 nitrogen and oxygen atoms in total. The summed E-state index contributed by atoms with van der Waals surface area (Å²) in [5.41, 5.74) is 2.98. The quantitative estimate of drug-likeness (QED) is 0.549. The van der Waals surface area contributed by atoms with Crippen LogP contribution >= 0.6 is 11.8 Å². The predicted molar refractivity (Wildman–Crippen MR) is 130 cm³/mol. The van der Waals surface area contributed by atoms with Crippen LogP contribution < -0.4 is 5.32 Å². The second-order valence-electron chi connectivity index (χ2n) is 7.61. The van der Waals surface area contributed by atoms with E-state index in [2.05, 4.69) is 5.32 Å². The fraction of sp³-hybridized carbons (Fsp3) is 0.240. The molecule has 1 N–H and O–H groups in total. The van der Waals surface area contributed by atoms with Crippen LogP contribution in [0, 0.1) is 0 Å². The number of hydrogen-bond donors (Lipinski definition) is 1. The topological polar surface area (TPSA) is 66.5 Å². The van der Waals surface area contributed by atoms with Gasteiger partial charge in [-0.1, -0.05) is 79.7 Å². The maximum Gasteiger partial charge on any atom is 0.249 e. The maximum absolute atomic E-state index is 13.4. The molecule has 3 aromatic rings. The van der Waals surface area contributed by atoms with Crippen LogP contribution in [0.15, 0.2) is 89.8 Å². The van der Waals surface area contributed by atoms with Gasteiger partial charge in [0.2, 0.25) is 15.9 Å². The Morgan fingerprint density at radius 3 is 2.19 bits per heavy atom. The second kappa shape index (κ2) is 9.90. The van der Waals surface area contributed by atoms with Crippen molar-refractivity contribution in [3.8, 4) is 11.1 Å². The Morgan fingerprint density at radius 1 is 0.969 bits per heavy atom. The first-order valence-electron chi connectivity index (χ1n) is 10.6. The number of rotatable bonds is 7. The van der Waals surface area contributed by atoms with Gasteiger partial charge in [-0.05, 0) is 35.2 Å². The molecular weight excluding hydrogens is 440 g/mol. The third-order valence-corrected chi connectivity index (χ3v) is 8.78. The van der Waals surface area contributed by atoms with Gasteiger partial charge in [-0.25, -0.2) is 8.42 Å². The average Bonchev–Trinajstić information content (AvgIpc) is 3.35. The highest BCUT2D eigenvalue weighted by Gasteiger charge is 2.40. The molecule has 1 amide bonds. The maximum atomic E-state index is 13.4. The molecule has 1 heterocycles. The second-order valence-corrected chi connectivity index (χ2v) is 10.7. The van der Waals surface area contributed by atoms with Gasteiger partial charge in [0.25, 0.3) is 0 Å². The van der Waals surface area contributed by atoms with Crippen molar-refractivity contribution >= 4 is 27.7 Å². The molecule has 0 radical (unpaired) electrons. The highest BCUT2D eigenvalue weighted by atomic mass is 32.2. The van der Waals surface area contributed by atoms with Crippen molar-refractivity contribution in [1.82, 2.24) is 9.62 Å². The number of sulfonamides is 1. The van der Waals surface area contributed by atoms with E-state index in [-0.39, 0.29) is 16.8 Å². The summed E-state index contributed by atoms with van der Waals surface area (Å²) in [6.07, 6.45) is 0.723. The zero-order valence-electron chi connectivity index (χ0n) is 17.8. The largest absolute Gasteiger partial charge is 0.347 e. The summed E-state index contributed by atoms with van der Waals surface area (Å²) in [4.78, 5) is 13.3. The van der Waals surface area contributed by atoms with Crippen LogP contribution in [0.3, 0.4) is 0 Å². The van der Waals surface area contributed by atoms with E-state index in [1.807, 2.05) is 79.7 Å². The van der Waals surface area contributed by atoms with E-state index in [1.54, 1.807) is 12.1 Å². The Bertz CT molecular complexity index is 1150. The van der Waals surface area contributed by atoms with Crippen LogP contribution in [0.2, 0.25) is 0 Å². The van der Waals surface area contributed by atoms with Gasteiger partial charge in [-0.2, -0.15) is 4.31 Å². The summed E-state index contributed by atoms with van der Waals surface area (Å²) >= 11 is 1.36. The standard InChI is InChI=1S/C25H26N2O3S2/c1-2-23(21-11-7-4-8-12-21)26-24(28)25-27(17-18-31-25)32(29,30)22-15-13-20(14-16-22)19-9-5-3-6-10-19/h3-16,23,25H,2,17-18H2,1H3,(H,26,28). The van der Waals surface area contributed by atoms with E-state index in [9.17, 15) is 13.2 Å². The molecule has 32 heavy (non-hydrogen) atoms. The Hall–Kier alpha value is -2.61. The number of nitrogens with zero attached hydrogens (tertiary/aromatic N) is 1. The lowest BCUT2D eigenvalue weighted by Gasteiger charge is -2.25. The first-order chi connectivity index (χ1) is 15.5. The third-order valence-electron chi connectivity index (χ3n) is 5.57. The summed E-state index contributed by atoms with van der Waals surface area (Å²) < 4.78 is 28.0. The van der Waals surface area contributed by atoms with Crippen LogP contribution in [0.4, 0.5) is 0 Å². The molecule has 4 rings (SSSR count). The monoisotopic (exact) mass is 466 g/mol. The van der Waals surface area contributed by atoms with Gasteiger partial charge >= 0.3 is 0 Å². The fourth-order valence-corrected chi connectivity index (χ4v) is 6.93. The lowest BCUT2D eigenvalue weighted by atomic mass is 10.0. The summed E-state index contributed by atoms with van der Waals surface area (Å²) in [6, 6.07) is 26.3. The van der Waals surface area contributed by atoms with Crippen molar-refractivity contribution in [2.75, 3.05) is 12.3 Å². The summed E-state index contributed by atoms with van der Waals surface area (Å²) in [5.74, 6) is 0.314. The third kappa shape index (κ3) is 4.75. The van der Waals surface area contributed by atoms with Gasteiger partial charge in [0.1, 0.15) is 5.37 Å². The number of benzene rings is 3. The lowest BCUT2D eigenvalue weighted by molar-refractivity contribution is -0.122. The molecule has 1 aliphatic rings. The lowest BCUT2D eigenvalue weighted by Crippen LogP contribution is -2.45. The number of hydrogen-bond acceptors (Lipinski definition) is 4. The van der Waals surface area contributed by atoms with Gasteiger partial charge in [0.15, 0.2) is 0 Å². The van der Waals surface area contributed by atoms with Crippen LogP contribution in [-0.4, -0.2) is 36.3 Å². The van der Waals surface area contributed by atoms with Crippen LogP contribution in [0.1, 0.15) is 24.9 Å². The summed E-state index contributed by atoms with van der Waals surface area (Å²) in [7, 11) is -3.79. The van der Waals surface area contributed by atoms with Crippen molar-refractivity contribution in [2.45, 2.75) is 29.7 Å².